The molecule has 86 valence electrons. The van der Waals surface area contributed by atoms with Crippen LogP contribution in [0.2, 0.25) is 0 Å². The first-order valence-electron chi connectivity index (χ1n) is 5.96. The van der Waals surface area contributed by atoms with Gasteiger partial charge in [-0.05, 0) is 31.1 Å². The minimum absolute atomic E-state index is 0.307. The van der Waals surface area contributed by atoms with Crippen LogP contribution in [-0.2, 0) is 0 Å². The first-order valence-corrected chi connectivity index (χ1v) is 5.96. The van der Waals surface area contributed by atoms with Gasteiger partial charge in [-0.15, -0.1) is 0 Å². The normalized spacial score (nSPS) is 12.0. The van der Waals surface area contributed by atoms with Crippen LogP contribution in [0, 0.1) is 5.41 Å². The Labute approximate surface area is 88.3 Å². The molecule has 0 fully saturated rings. The zero-order valence-electron chi connectivity index (χ0n) is 9.76. The molecular formula is C12H26O2. The second kappa shape index (κ2) is 8.25. The molecule has 2 heteroatoms. The Balaban J connectivity index is 3.94. The summed E-state index contributed by atoms with van der Waals surface area (Å²) in [6.45, 7) is 5.09. The fourth-order valence-corrected chi connectivity index (χ4v) is 2.15. The van der Waals surface area contributed by atoms with Crippen LogP contribution in [0.15, 0.2) is 0 Å². The van der Waals surface area contributed by atoms with Crippen molar-refractivity contribution in [2.75, 3.05) is 13.2 Å². The Morgan fingerprint density at radius 3 is 1.71 bits per heavy atom. The Morgan fingerprint density at radius 2 is 1.29 bits per heavy atom. The number of hydrogen-bond acceptors (Lipinski definition) is 2. The second-order valence-electron chi connectivity index (χ2n) is 4.21. The molecule has 0 aliphatic carbocycles. The van der Waals surface area contributed by atoms with Gasteiger partial charge in [0.25, 0.3) is 0 Å². The maximum absolute atomic E-state index is 8.85. The van der Waals surface area contributed by atoms with Gasteiger partial charge in [0, 0.05) is 13.2 Å². The molecule has 0 radical (unpaired) electrons. The lowest BCUT2D eigenvalue weighted by molar-refractivity contribution is 0.173. The molecule has 2 nitrogen and oxygen atoms in total. The molecular weight excluding hydrogens is 176 g/mol. The fourth-order valence-electron chi connectivity index (χ4n) is 2.15. The van der Waals surface area contributed by atoms with Crippen molar-refractivity contribution in [3.8, 4) is 0 Å². The number of hydrogen-bond donors (Lipinski definition) is 2. The van der Waals surface area contributed by atoms with Gasteiger partial charge in [0.2, 0.25) is 0 Å². The predicted octanol–water partition coefficient (Wildman–Crippen LogP) is 2.73. The van der Waals surface area contributed by atoms with E-state index in [4.69, 9.17) is 10.2 Å². The molecule has 0 unspecified atom stereocenters. The Morgan fingerprint density at radius 1 is 0.786 bits per heavy atom. The van der Waals surface area contributed by atoms with Crippen LogP contribution in [0.4, 0.5) is 0 Å². The van der Waals surface area contributed by atoms with Crippen LogP contribution >= 0.6 is 0 Å². The third-order valence-electron chi connectivity index (χ3n) is 3.48. The summed E-state index contributed by atoms with van der Waals surface area (Å²) in [6, 6.07) is 0. The number of aliphatic hydroxyl groups excluding tert-OH is 2. The molecule has 0 bridgehead atoms. The minimum atomic E-state index is 0.307. The van der Waals surface area contributed by atoms with E-state index in [1.807, 2.05) is 0 Å². The molecule has 14 heavy (non-hydrogen) atoms. The van der Waals surface area contributed by atoms with Crippen molar-refractivity contribution < 1.29 is 10.2 Å². The van der Waals surface area contributed by atoms with Gasteiger partial charge in [-0.1, -0.05) is 33.1 Å². The number of unbranched alkanes of at least 4 members (excludes halogenated alkanes) is 1. The largest absolute Gasteiger partial charge is 0.396 e. The lowest BCUT2D eigenvalue weighted by atomic mass is 9.74. The lowest BCUT2D eigenvalue weighted by Crippen LogP contribution is -2.19. The van der Waals surface area contributed by atoms with Gasteiger partial charge in [-0.25, -0.2) is 0 Å². The van der Waals surface area contributed by atoms with E-state index in [1.54, 1.807) is 0 Å². The molecule has 0 saturated heterocycles. The number of rotatable bonds is 9. The quantitative estimate of drug-likeness (QED) is 0.564. The summed E-state index contributed by atoms with van der Waals surface area (Å²) in [5.41, 5.74) is 0.415. The van der Waals surface area contributed by atoms with Crippen LogP contribution in [0.5, 0.6) is 0 Å². The molecule has 0 saturated carbocycles. The first kappa shape index (κ1) is 13.9. The van der Waals surface area contributed by atoms with Gasteiger partial charge in [0.15, 0.2) is 0 Å². The van der Waals surface area contributed by atoms with E-state index >= 15 is 0 Å². The van der Waals surface area contributed by atoms with Crippen LogP contribution < -0.4 is 0 Å². The minimum Gasteiger partial charge on any atom is -0.396 e. The second-order valence-corrected chi connectivity index (χ2v) is 4.21. The average Bonchev–Trinajstić information content (AvgIpc) is 2.24. The van der Waals surface area contributed by atoms with Gasteiger partial charge in [0.05, 0.1) is 0 Å². The third kappa shape index (κ3) is 4.97. The first-order chi connectivity index (χ1) is 6.74. The van der Waals surface area contributed by atoms with Crippen LogP contribution in [0.25, 0.3) is 0 Å². The zero-order valence-corrected chi connectivity index (χ0v) is 9.76. The van der Waals surface area contributed by atoms with Crippen molar-refractivity contribution in [3.05, 3.63) is 0 Å². The lowest BCUT2D eigenvalue weighted by Gasteiger charge is -2.31. The van der Waals surface area contributed by atoms with Crippen molar-refractivity contribution in [3.63, 3.8) is 0 Å². The molecule has 0 aromatic carbocycles. The highest BCUT2D eigenvalue weighted by molar-refractivity contribution is 4.76. The number of aliphatic hydroxyl groups is 2. The van der Waals surface area contributed by atoms with E-state index in [0.717, 1.165) is 25.7 Å². The third-order valence-corrected chi connectivity index (χ3v) is 3.48. The van der Waals surface area contributed by atoms with Gasteiger partial charge >= 0.3 is 0 Å². The van der Waals surface area contributed by atoms with Gasteiger partial charge < -0.3 is 10.2 Å². The highest BCUT2D eigenvalue weighted by Crippen LogP contribution is 2.37. The molecule has 0 aliphatic heterocycles. The predicted molar refractivity (Wildman–Crippen MR) is 60.3 cm³/mol. The molecule has 0 heterocycles. The van der Waals surface area contributed by atoms with E-state index in [-0.39, 0.29) is 0 Å². The van der Waals surface area contributed by atoms with Gasteiger partial charge in [-0.3, -0.25) is 0 Å². The van der Waals surface area contributed by atoms with Crippen molar-refractivity contribution in [2.45, 2.75) is 58.8 Å². The molecule has 2 N–H and O–H groups in total. The van der Waals surface area contributed by atoms with E-state index in [0.29, 0.717) is 18.6 Å². The summed E-state index contributed by atoms with van der Waals surface area (Å²) in [5.74, 6) is 0. The maximum Gasteiger partial charge on any atom is 0.0431 e. The summed E-state index contributed by atoms with van der Waals surface area (Å²) in [7, 11) is 0. The summed E-state index contributed by atoms with van der Waals surface area (Å²) in [6.07, 6.45) is 7.65. The van der Waals surface area contributed by atoms with Crippen LogP contribution in [-0.4, -0.2) is 23.4 Å². The molecule has 0 amide bonds. The van der Waals surface area contributed by atoms with E-state index in [1.165, 1.54) is 19.3 Å². The highest BCUT2D eigenvalue weighted by Gasteiger charge is 2.24. The Bertz CT molecular complexity index is 119. The monoisotopic (exact) mass is 202 g/mol. The topological polar surface area (TPSA) is 40.5 Å². The fraction of sp³-hybridized carbons (Fsp3) is 1.00. The van der Waals surface area contributed by atoms with Crippen molar-refractivity contribution in [1.29, 1.82) is 0 Å². The highest BCUT2D eigenvalue weighted by atomic mass is 16.3. The summed E-state index contributed by atoms with van der Waals surface area (Å²) >= 11 is 0. The molecule has 0 rings (SSSR count). The van der Waals surface area contributed by atoms with Gasteiger partial charge in [0.1, 0.15) is 0 Å². The van der Waals surface area contributed by atoms with E-state index in [9.17, 15) is 0 Å². The molecule has 0 spiro atoms. The SMILES string of the molecule is CCC(CC)(CCCO)CCCCO. The van der Waals surface area contributed by atoms with Crippen molar-refractivity contribution >= 4 is 0 Å². The van der Waals surface area contributed by atoms with Crippen LogP contribution in [0.3, 0.4) is 0 Å². The summed E-state index contributed by atoms with van der Waals surface area (Å²) < 4.78 is 0. The van der Waals surface area contributed by atoms with E-state index in [2.05, 4.69) is 13.8 Å². The van der Waals surface area contributed by atoms with E-state index < -0.39 is 0 Å². The van der Waals surface area contributed by atoms with Crippen molar-refractivity contribution in [1.82, 2.24) is 0 Å². The standard InChI is InChI=1S/C12H26O2/c1-3-12(4-2,9-7-11-14)8-5-6-10-13/h13-14H,3-11H2,1-2H3. The van der Waals surface area contributed by atoms with Gasteiger partial charge in [-0.2, -0.15) is 0 Å². The maximum atomic E-state index is 8.85. The van der Waals surface area contributed by atoms with Crippen molar-refractivity contribution in [2.24, 2.45) is 5.41 Å². The zero-order chi connectivity index (χ0) is 10.9. The average molecular weight is 202 g/mol. The smallest absolute Gasteiger partial charge is 0.0431 e. The molecule has 0 aliphatic rings. The molecule has 0 aromatic rings. The summed E-state index contributed by atoms with van der Waals surface area (Å²) in [4.78, 5) is 0. The molecule has 0 aromatic heterocycles. The van der Waals surface area contributed by atoms with Crippen LogP contribution in [0.1, 0.15) is 58.8 Å². The molecule has 0 atom stereocenters. The summed E-state index contributed by atoms with van der Waals surface area (Å²) in [5, 5.41) is 17.6. The Hall–Kier alpha value is -0.0800. The Kier molecular flexibility index (Phi) is 8.20.